The predicted molar refractivity (Wildman–Crippen MR) is 130 cm³/mol. The molecule has 7 heteroatoms. The van der Waals surface area contributed by atoms with Crippen LogP contribution in [0.15, 0.2) is 65.6 Å². The molecule has 0 aromatic heterocycles. The lowest BCUT2D eigenvalue weighted by Crippen LogP contribution is -2.39. The normalized spacial score (nSPS) is 17.5. The molecule has 1 aliphatic rings. The minimum absolute atomic E-state index is 0.0471. The molecule has 0 saturated carbocycles. The van der Waals surface area contributed by atoms with Crippen LogP contribution >= 0.6 is 23.5 Å². The zero-order chi connectivity index (χ0) is 21.4. The summed E-state index contributed by atoms with van der Waals surface area (Å²) >= 11 is 4.07. The first-order valence-corrected chi connectivity index (χ1v) is 13.5. The van der Waals surface area contributed by atoms with Crippen LogP contribution in [0.5, 0.6) is 0 Å². The Morgan fingerprint density at radius 3 is 2.30 bits per heavy atom. The average molecular weight is 461 g/mol. The van der Waals surface area contributed by atoms with Crippen molar-refractivity contribution >= 4 is 50.1 Å². The highest BCUT2D eigenvalue weighted by Crippen LogP contribution is 2.35. The summed E-state index contributed by atoms with van der Waals surface area (Å²) in [5.41, 5.74) is 3.63. The van der Waals surface area contributed by atoms with Gasteiger partial charge in [0.25, 0.3) is 10.1 Å². The third-order valence-electron chi connectivity index (χ3n) is 5.54. The number of benzene rings is 3. The van der Waals surface area contributed by atoms with Crippen molar-refractivity contribution in [3.05, 3.63) is 71.8 Å². The Labute approximate surface area is 187 Å². The van der Waals surface area contributed by atoms with Crippen molar-refractivity contribution in [2.45, 2.75) is 23.1 Å². The van der Waals surface area contributed by atoms with Crippen molar-refractivity contribution < 1.29 is 13.0 Å². The van der Waals surface area contributed by atoms with Crippen molar-refractivity contribution in [2.75, 3.05) is 24.9 Å². The number of thioether (sulfide) groups is 2. The monoisotopic (exact) mass is 460 g/mol. The van der Waals surface area contributed by atoms with Crippen LogP contribution in [0.25, 0.3) is 10.8 Å². The van der Waals surface area contributed by atoms with Gasteiger partial charge in [0.1, 0.15) is 17.1 Å². The molecule has 0 amide bonds. The zero-order valence-corrected chi connectivity index (χ0v) is 19.6. The quantitative estimate of drug-likeness (QED) is 0.405. The number of fused-ring (bicyclic) bond motifs is 1. The van der Waals surface area contributed by atoms with Crippen molar-refractivity contribution in [2.24, 2.45) is 0 Å². The van der Waals surface area contributed by atoms with Crippen LogP contribution < -0.4 is 4.48 Å². The van der Waals surface area contributed by atoms with E-state index in [1.54, 1.807) is 12.1 Å². The second-order valence-electron chi connectivity index (χ2n) is 8.24. The molecule has 0 bridgehead atoms. The smallest absolute Gasteiger partial charge is 0.292 e. The van der Waals surface area contributed by atoms with Gasteiger partial charge in [-0.2, -0.15) is 8.42 Å². The van der Waals surface area contributed by atoms with E-state index in [9.17, 15) is 13.0 Å². The molecule has 0 unspecified atom stereocenters. The van der Waals surface area contributed by atoms with E-state index in [0.717, 1.165) is 29.3 Å². The summed E-state index contributed by atoms with van der Waals surface area (Å²) in [7, 11) is -0.0351. The molecule has 158 valence electrons. The van der Waals surface area contributed by atoms with Crippen molar-refractivity contribution in [1.29, 1.82) is 0 Å². The van der Waals surface area contributed by atoms with E-state index >= 15 is 0 Å². The van der Waals surface area contributed by atoms with E-state index in [4.69, 9.17) is 0 Å². The molecule has 3 aromatic carbocycles. The molecule has 30 heavy (non-hydrogen) atoms. The van der Waals surface area contributed by atoms with Crippen molar-refractivity contribution in [3.8, 4) is 0 Å². The van der Waals surface area contributed by atoms with Gasteiger partial charge in [0.05, 0.1) is 14.1 Å². The summed E-state index contributed by atoms with van der Waals surface area (Å²) in [6.45, 7) is 0.781. The summed E-state index contributed by atoms with van der Waals surface area (Å²) in [5.74, 6) is 1.24. The highest BCUT2D eigenvalue weighted by molar-refractivity contribution is 8.19. The molecule has 0 spiro atoms. The lowest BCUT2D eigenvalue weighted by molar-refractivity contribution is 0.395. The SMILES string of the molecule is C[N+](C)(Cc1ccc(C[C@@H]2CSCS2)cc1)c1cccc2c(S(=O)(=O)O)cccc12. The van der Waals surface area contributed by atoms with Crippen LogP contribution in [-0.2, 0) is 23.1 Å². The first-order chi connectivity index (χ1) is 14.2. The van der Waals surface area contributed by atoms with Crippen LogP contribution in [0.4, 0.5) is 5.69 Å². The first-order valence-electron chi connectivity index (χ1n) is 9.84. The van der Waals surface area contributed by atoms with Gasteiger partial charge in [0.15, 0.2) is 0 Å². The van der Waals surface area contributed by atoms with E-state index in [1.165, 1.54) is 28.0 Å². The van der Waals surface area contributed by atoms with Gasteiger partial charge in [-0.3, -0.25) is 9.04 Å². The fourth-order valence-electron chi connectivity index (χ4n) is 4.09. The van der Waals surface area contributed by atoms with Gasteiger partial charge in [0.2, 0.25) is 0 Å². The number of rotatable bonds is 6. The van der Waals surface area contributed by atoms with Crippen LogP contribution in [0.2, 0.25) is 0 Å². The molecule has 4 nitrogen and oxygen atoms in total. The predicted octanol–water partition coefficient (Wildman–Crippen LogP) is 5.20. The average Bonchev–Trinajstić information content (AvgIpc) is 3.20. The zero-order valence-electron chi connectivity index (χ0n) is 17.1. The molecule has 1 heterocycles. The van der Waals surface area contributed by atoms with E-state index in [-0.39, 0.29) is 4.90 Å². The maximum atomic E-state index is 11.8. The van der Waals surface area contributed by atoms with Crippen LogP contribution in [0, 0.1) is 0 Å². The first kappa shape index (κ1) is 21.7. The lowest BCUT2D eigenvalue weighted by atomic mass is 10.0. The van der Waals surface area contributed by atoms with Gasteiger partial charge in [-0.25, -0.2) is 0 Å². The standard InChI is InChI=1S/C23H25NO3S3/c1-24(2,14-18-11-9-17(10-12-18)13-19-15-28-16-29-19)22-7-3-6-21-20(22)5-4-8-23(21)30(25,26)27/h3-12,19H,13-16H2,1-2H3/p+1/t19-/m1/s1. The Morgan fingerprint density at radius 2 is 1.63 bits per heavy atom. The van der Waals surface area contributed by atoms with E-state index in [2.05, 4.69) is 50.1 Å². The van der Waals surface area contributed by atoms with Crippen molar-refractivity contribution in [1.82, 2.24) is 4.48 Å². The highest BCUT2D eigenvalue weighted by atomic mass is 32.2. The summed E-state index contributed by atoms with van der Waals surface area (Å²) in [4.78, 5) is -0.0471. The van der Waals surface area contributed by atoms with Gasteiger partial charge in [0, 0.05) is 32.4 Å². The second-order valence-corrected chi connectivity index (χ2v) is 12.3. The largest absolute Gasteiger partial charge is 0.295 e. The molecule has 1 saturated heterocycles. The van der Waals surface area contributed by atoms with Crippen LogP contribution in [0.1, 0.15) is 11.1 Å². The molecule has 0 aliphatic carbocycles. The van der Waals surface area contributed by atoms with Crippen molar-refractivity contribution in [3.63, 3.8) is 0 Å². The number of hydrogen-bond acceptors (Lipinski definition) is 4. The molecule has 1 aliphatic heterocycles. The molecule has 4 rings (SSSR count). The maximum absolute atomic E-state index is 11.8. The molecular formula is C23H26NO3S3+. The number of nitrogens with zero attached hydrogens (tertiary/aromatic N) is 1. The Balaban J connectivity index is 1.61. The fraction of sp³-hybridized carbons (Fsp3) is 0.304. The van der Waals surface area contributed by atoms with Gasteiger partial charge >= 0.3 is 0 Å². The minimum atomic E-state index is -4.28. The summed E-state index contributed by atoms with van der Waals surface area (Å²) in [5, 5.41) is 3.32. The fourth-order valence-corrected chi connectivity index (χ4v) is 7.70. The number of quaternary nitrogens is 1. The molecule has 1 fully saturated rings. The van der Waals surface area contributed by atoms with E-state index in [1.807, 2.05) is 30.0 Å². The van der Waals surface area contributed by atoms with Crippen LogP contribution in [0.3, 0.4) is 0 Å². The van der Waals surface area contributed by atoms with Gasteiger partial charge in [-0.05, 0) is 30.2 Å². The summed E-state index contributed by atoms with van der Waals surface area (Å²) < 4.78 is 33.8. The Bertz CT molecular complexity index is 1150. The summed E-state index contributed by atoms with van der Waals surface area (Å²) in [6, 6.07) is 19.6. The van der Waals surface area contributed by atoms with E-state index in [0.29, 0.717) is 9.87 Å². The third kappa shape index (κ3) is 4.70. The molecule has 1 N–H and O–H groups in total. The van der Waals surface area contributed by atoms with E-state index < -0.39 is 10.1 Å². The van der Waals surface area contributed by atoms with Crippen LogP contribution in [-0.4, -0.2) is 43.2 Å². The maximum Gasteiger partial charge on any atom is 0.295 e. The van der Waals surface area contributed by atoms with Gasteiger partial charge < -0.3 is 0 Å². The molecule has 0 radical (unpaired) electrons. The second kappa shape index (κ2) is 8.55. The highest BCUT2D eigenvalue weighted by Gasteiger charge is 2.25. The third-order valence-corrected chi connectivity index (χ3v) is 9.32. The Morgan fingerprint density at radius 1 is 0.967 bits per heavy atom. The molecule has 1 atom stereocenters. The molecule has 3 aromatic rings. The van der Waals surface area contributed by atoms with Gasteiger partial charge in [-0.15, -0.1) is 23.5 Å². The Kier molecular flexibility index (Phi) is 6.19. The minimum Gasteiger partial charge on any atom is -0.292 e. The topological polar surface area (TPSA) is 54.4 Å². The number of hydrogen-bond donors (Lipinski definition) is 1. The lowest BCUT2D eigenvalue weighted by Gasteiger charge is -2.30. The molecular weight excluding hydrogens is 434 g/mol. The van der Waals surface area contributed by atoms with Gasteiger partial charge in [-0.1, -0.05) is 42.5 Å². The Hall–Kier alpha value is -1.51. The summed E-state index contributed by atoms with van der Waals surface area (Å²) in [6.07, 6.45) is 1.12.